The van der Waals surface area contributed by atoms with Gasteiger partial charge in [0.2, 0.25) is 11.8 Å². The zero-order chi connectivity index (χ0) is 22.5. The molecule has 170 valence electrons. The lowest BCUT2D eigenvalue weighted by molar-refractivity contribution is -0.125. The Bertz CT molecular complexity index is 922. The molecule has 2 N–H and O–H groups in total. The van der Waals surface area contributed by atoms with Gasteiger partial charge in [0, 0.05) is 38.0 Å². The molecule has 0 radical (unpaired) electrons. The lowest BCUT2D eigenvalue weighted by atomic mass is 9.88. The fourth-order valence-electron chi connectivity index (χ4n) is 4.42. The monoisotopic (exact) mass is 435 g/mol. The number of nitrogens with one attached hydrogen (secondary N) is 2. The Morgan fingerprint density at radius 3 is 2.28 bits per heavy atom. The van der Waals surface area contributed by atoms with Gasteiger partial charge >= 0.3 is 0 Å². The zero-order valence-electron chi connectivity index (χ0n) is 19.0. The Hall–Kier alpha value is -2.86. The maximum Gasteiger partial charge on any atom is 0.225 e. The number of nitrogens with zero attached hydrogens (tertiary/aromatic N) is 1. The van der Waals surface area contributed by atoms with Crippen LogP contribution >= 0.6 is 0 Å². The van der Waals surface area contributed by atoms with Gasteiger partial charge in [0.05, 0.1) is 13.0 Å². The maximum atomic E-state index is 13.0. The van der Waals surface area contributed by atoms with Gasteiger partial charge in [-0.2, -0.15) is 0 Å². The molecule has 4 rings (SSSR count). The molecule has 0 aromatic heterocycles. The molecular weight excluding hydrogens is 402 g/mol. The molecule has 6 nitrogen and oxygen atoms in total. The van der Waals surface area contributed by atoms with Crippen molar-refractivity contribution in [2.45, 2.75) is 31.7 Å². The summed E-state index contributed by atoms with van der Waals surface area (Å²) in [6, 6.07) is 16.3. The van der Waals surface area contributed by atoms with Crippen LogP contribution < -0.4 is 15.4 Å². The molecule has 1 heterocycles. The summed E-state index contributed by atoms with van der Waals surface area (Å²) in [6.45, 7) is 2.82. The van der Waals surface area contributed by atoms with Crippen molar-refractivity contribution in [1.82, 2.24) is 15.5 Å². The third-order valence-electron chi connectivity index (χ3n) is 6.53. The number of likely N-dealkylation sites (N-methyl/N-ethyl adjacent to an activating group) is 1. The van der Waals surface area contributed by atoms with Crippen LogP contribution in [0.5, 0.6) is 5.75 Å². The Kier molecular flexibility index (Phi) is 7.10. The highest BCUT2D eigenvalue weighted by Crippen LogP contribution is 2.32. The van der Waals surface area contributed by atoms with Gasteiger partial charge < -0.3 is 20.3 Å². The first-order valence-corrected chi connectivity index (χ1v) is 11.5. The highest BCUT2D eigenvalue weighted by molar-refractivity contribution is 5.81. The molecule has 2 fully saturated rings. The molecule has 2 amide bonds. The minimum absolute atomic E-state index is 0.0590. The molecule has 2 aliphatic rings. The van der Waals surface area contributed by atoms with Crippen LogP contribution in [0.3, 0.4) is 0 Å². The summed E-state index contributed by atoms with van der Waals surface area (Å²) in [5, 5.41) is 6.15. The summed E-state index contributed by atoms with van der Waals surface area (Å²) in [5.41, 5.74) is 3.45. The molecule has 2 aromatic rings. The zero-order valence-corrected chi connectivity index (χ0v) is 19.0. The molecule has 32 heavy (non-hydrogen) atoms. The molecule has 2 aromatic carbocycles. The number of hydrogen-bond acceptors (Lipinski definition) is 4. The molecule has 1 aliphatic heterocycles. The largest absolute Gasteiger partial charge is 0.497 e. The van der Waals surface area contributed by atoms with E-state index in [0.717, 1.165) is 43.7 Å². The minimum atomic E-state index is -0.0590. The van der Waals surface area contributed by atoms with Crippen molar-refractivity contribution in [3.63, 3.8) is 0 Å². The summed E-state index contributed by atoms with van der Waals surface area (Å²) in [5.74, 6) is 1.47. The minimum Gasteiger partial charge on any atom is -0.497 e. The van der Waals surface area contributed by atoms with Gasteiger partial charge in [0.1, 0.15) is 5.75 Å². The van der Waals surface area contributed by atoms with Gasteiger partial charge in [-0.15, -0.1) is 0 Å². The molecule has 0 unspecified atom stereocenters. The van der Waals surface area contributed by atoms with E-state index in [-0.39, 0.29) is 29.6 Å². The van der Waals surface area contributed by atoms with E-state index in [2.05, 4.69) is 46.8 Å². The summed E-state index contributed by atoms with van der Waals surface area (Å²) >= 11 is 0. The lowest BCUT2D eigenvalue weighted by Crippen LogP contribution is -2.35. The number of carbonyl (C=O) groups excluding carboxylic acids is 2. The van der Waals surface area contributed by atoms with Crippen LogP contribution in [0.15, 0.2) is 48.5 Å². The van der Waals surface area contributed by atoms with E-state index in [1.165, 1.54) is 11.1 Å². The third kappa shape index (κ3) is 5.68. The Morgan fingerprint density at radius 2 is 1.62 bits per heavy atom. The fraction of sp³-hybridized carbons (Fsp3) is 0.462. The van der Waals surface area contributed by atoms with E-state index in [1.54, 1.807) is 7.11 Å². The number of rotatable bonds is 9. The van der Waals surface area contributed by atoms with Gasteiger partial charge in [0.15, 0.2) is 0 Å². The highest BCUT2D eigenvalue weighted by atomic mass is 16.5. The highest BCUT2D eigenvalue weighted by Gasteiger charge is 2.36. The number of amides is 2. The van der Waals surface area contributed by atoms with E-state index in [1.807, 2.05) is 24.3 Å². The molecule has 0 bridgehead atoms. The van der Waals surface area contributed by atoms with Crippen LogP contribution in [0.4, 0.5) is 0 Å². The summed E-state index contributed by atoms with van der Waals surface area (Å²) in [7, 11) is 3.73. The van der Waals surface area contributed by atoms with Gasteiger partial charge in [-0.05, 0) is 55.1 Å². The van der Waals surface area contributed by atoms with Crippen molar-refractivity contribution in [3.05, 3.63) is 65.2 Å². The van der Waals surface area contributed by atoms with Crippen LogP contribution in [-0.4, -0.2) is 50.5 Å². The number of carbonyl (C=O) groups is 2. The second-order valence-corrected chi connectivity index (χ2v) is 9.06. The van der Waals surface area contributed by atoms with Crippen molar-refractivity contribution >= 4 is 11.8 Å². The van der Waals surface area contributed by atoms with Crippen LogP contribution in [0, 0.1) is 11.8 Å². The SMILES string of the molecule is COc1ccc(CCNC(=O)[C@@H]2CN(C)C[C@H]2c2ccc(CNC(=O)C3CC3)cc2)cc1. The Morgan fingerprint density at radius 1 is 0.938 bits per heavy atom. The number of likely N-dealkylation sites (tertiary alicyclic amines) is 1. The number of hydrogen-bond donors (Lipinski definition) is 2. The molecule has 0 spiro atoms. The Labute approximate surface area is 190 Å². The van der Waals surface area contributed by atoms with E-state index < -0.39 is 0 Å². The summed E-state index contributed by atoms with van der Waals surface area (Å²) < 4.78 is 5.19. The van der Waals surface area contributed by atoms with Crippen LogP contribution in [0.25, 0.3) is 0 Å². The van der Waals surface area contributed by atoms with Gasteiger partial charge in [-0.3, -0.25) is 9.59 Å². The standard InChI is InChI=1S/C26H33N3O3/c1-29-16-23(20-7-3-19(4-8-20)15-28-25(30)21-9-10-21)24(17-29)26(31)27-14-13-18-5-11-22(32-2)12-6-18/h3-8,11-12,21,23-24H,9-10,13-17H2,1-2H3,(H,27,31)(H,28,30)/t23-,24+/m0/s1. The lowest BCUT2D eigenvalue weighted by Gasteiger charge is -2.19. The first kappa shape index (κ1) is 22.3. The fourth-order valence-corrected chi connectivity index (χ4v) is 4.42. The van der Waals surface area contributed by atoms with E-state index in [0.29, 0.717) is 13.1 Å². The van der Waals surface area contributed by atoms with Crippen LogP contribution in [-0.2, 0) is 22.6 Å². The molecule has 2 atom stereocenters. The van der Waals surface area contributed by atoms with Crippen molar-refractivity contribution < 1.29 is 14.3 Å². The Balaban J connectivity index is 1.30. The van der Waals surface area contributed by atoms with Crippen molar-refractivity contribution in [2.75, 3.05) is 33.8 Å². The quantitative estimate of drug-likeness (QED) is 0.635. The molecule has 6 heteroatoms. The van der Waals surface area contributed by atoms with Crippen LogP contribution in [0.2, 0.25) is 0 Å². The average molecular weight is 436 g/mol. The van der Waals surface area contributed by atoms with E-state index in [9.17, 15) is 9.59 Å². The predicted molar refractivity (Wildman–Crippen MR) is 124 cm³/mol. The second-order valence-electron chi connectivity index (χ2n) is 9.06. The maximum absolute atomic E-state index is 13.0. The van der Waals surface area contributed by atoms with Crippen molar-refractivity contribution in [3.8, 4) is 5.75 Å². The van der Waals surface area contributed by atoms with Gasteiger partial charge in [0.25, 0.3) is 0 Å². The third-order valence-corrected chi connectivity index (χ3v) is 6.53. The molecule has 1 aliphatic carbocycles. The van der Waals surface area contributed by atoms with E-state index in [4.69, 9.17) is 4.74 Å². The molecular formula is C26H33N3O3. The van der Waals surface area contributed by atoms with E-state index >= 15 is 0 Å². The molecule has 1 saturated carbocycles. The van der Waals surface area contributed by atoms with Gasteiger partial charge in [-0.25, -0.2) is 0 Å². The number of methoxy groups -OCH3 is 1. The smallest absolute Gasteiger partial charge is 0.225 e. The second kappa shape index (κ2) is 10.2. The summed E-state index contributed by atoms with van der Waals surface area (Å²) in [4.78, 5) is 27.0. The predicted octanol–water partition coefficient (Wildman–Crippen LogP) is 2.73. The number of ether oxygens (including phenoxy) is 1. The molecule has 1 saturated heterocycles. The summed E-state index contributed by atoms with van der Waals surface area (Å²) in [6.07, 6.45) is 2.83. The number of benzene rings is 2. The van der Waals surface area contributed by atoms with Crippen molar-refractivity contribution in [2.24, 2.45) is 11.8 Å². The topological polar surface area (TPSA) is 70.7 Å². The average Bonchev–Trinajstić information content (AvgIpc) is 3.59. The van der Waals surface area contributed by atoms with Crippen LogP contribution in [0.1, 0.15) is 35.4 Å². The normalized spacial score (nSPS) is 20.7. The van der Waals surface area contributed by atoms with Gasteiger partial charge in [-0.1, -0.05) is 36.4 Å². The first-order chi connectivity index (χ1) is 15.5. The van der Waals surface area contributed by atoms with Crippen molar-refractivity contribution in [1.29, 1.82) is 0 Å². The first-order valence-electron chi connectivity index (χ1n) is 11.5.